The maximum absolute atomic E-state index is 13.9. The van der Waals surface area contributed by atoms with Crippen molar-refractivity contribution in [2.24, 2.45) is 5.92 Å². The molecule has 2 aliphatic heterocycles. The summed E-state index contributed by atoms with van der Waals surface area (Å²) in [7, 11) is 0. The highest BCUT2D eigenvalue weighted by Gasteiger charge is 2.41. The van der Waals surface area contributed by atoms with Gasteiger partial charge in [-0.15, -0.1) is 0 Å². The van der Waals surface area contributed by atoms with Gasteiger partial charge in [0.05, 0.1) is 18.8 Å². The SMILES string of the molecule is O=C(c1ccc(C(F)F)c(F)c1)C1CC2COCC(C1)N2Cc1ccccc1. The molecule has 2 aromatic rings. The van der Waals surface area contributed by atoms with Crippen molar-refractivity contribution in [3.63, 3.8) is 0 Å². The molecule has 0 aromatic heterocycles. The van der Waals surface area contributed by atoms with E-state index in [2.05, 4.69) is 17.0 Å². The van der Waals surface area contributed by atoms with Crippen LogP contribution in [0.1, 0.15) is 40.8 Å². The lowest BCUT2D eigenvalue weighted by Crippen LogP contribution is -2.57. The maximum atomic E-state index is 13.9. The predicted octanol–water partition coefficient (Wildman–Crippen LogP) is 4.63. The Balaban J connectivity index is 1.49. The highest BCUT2D eigenvalue weighted by atomic mass is 19.3. The summed E-state index contributed by atoms with van der Waals surface area (Å²) in [5, 5.41) is 0. The Hall–Kier alpha value is -2.18. The van der Waals surface area contributed by atoms with Gasteiger partial charge in [0.2, 0.25) is 0 Å². The minimum Gasteiger partial charge on any atom is -0.378 e. The highest BCUT2D eigenvalue weighted by Crippen LogP contribution is 2.35. The smallest absolute Gasteiger partial charge is 0.266 e. The standard InChI is InChI=1S/C22H22F3NO2/c23-20-10-15(6-7-19(20)22(24)25)21(27)16-8-17-12-28-13-18(9-16)26(17)11-14-4-2-1-3-5-14/h1-7,10,16-18,22H,8-9,11-13H2. The second-order valence-electron chi connectivity index (χ2n) is 7.57. The van der Waals surface area contributed by atoms with Gasteiger partial charge in [-0.1, -0.05) is 36.4 Å². The van der Waals surface area contributed by atoms with Crippen molar-refractivity contribution in [3.8, 4) is 0 Å². The Labute approximate surface area is 162 Å². The van der Waals surface area contributed by atoms with E-state index in [1.54, 1.807) is 0 Å². The number of alkyl halides is 2. The summed E-state index contributed by atoms with van der Waals surface area (Å²) in [5.74, 6) is -1.44. The molecular weight excluding hydrogens is 367 g/mol. The van der Waals surface area contributed by atoms with Crippen molar-refractivity contribution in [3.05, 3.63) is 71.0 Å². The first-order valence-electron chi connectivity index (χ1n) is 9.52. The van der Waals surface area contributed by atoms with Crippen LogP contribution in [0.4, 0.5) is 13.2 Å². The summed E-state index contributed by atoms with van der Waals surface area (Å²) in [4.78, 5) is 15.3. The van der Waals surface area contributed by atoms with Crippen LogP contribution in [-0.4, -0.2) is 36.0 Å². The molecule has 2 heterocycles. The minimum absolute atomic E-state index is 0.117. The molecular formula is C22H22F3NO2. The van der Waals surface area contributed by atoms with E-state index in [9.17, 15) is 18.0 Å². The van der Waals surface area contributed by atoms with Gasteiger partial charge >= 0.3 is 0 Å². The number of nitrogens with zero attached hydrogens (tertiary/aromatic N) is 1. The van der Waals surface area contributed by atoms with Gasteiger partial charge in [0.1, 0.15) is 5.82 Å². The van der Waals surface area contributed by atoms with Gasteiger partial charge < -0.3 is 4.74 Å². The van der Waals surface area contributed by atoms with Crippen molar-refractivity contribution in [1.29, 1.82) is 0 Å². The van der Waals surface area contributed by atoms with E-state index in [1.165, 1.54) is 11.6 Å². The average molecular weight is 389 g/mol. The molecule has 0 spiro atoms. The number of hydrogen-bond donors (Lipinski definition) is 0. The van der Waals surface area contributed by atoms with Crippen molar-refractivity contribution >= 4 is 5.78 Å². The lowest BCUT2D eigenvalue weighted by Gasteiger charge is -2.48. The number of fused-ring (bicyclic) bond motifs is 2. The number of hydrogen-bond acceptors (Lipinski definition) is 3. The Bertz CT molecular complexity index is 829. The fraction of sp³-hybridized carbons (Fsp3) is 0.409. The van der Waals surface area contributed by atoms with E-state index in [0.717, 1.165) is 18.7 Å². The van der Waals surface area contributed by atoms with Crippen molar-refractivity contribution in [2.75, 3.05) is 13.2 Å². The average Bonchev–Trinajstić information content (AvgIpc) is 2.67. The largest absolute Gasteiger partial charge is 0.378 e. The number of carbonyl (C=O) groups is 1. The number of halogens is 3. The molecule has 2 unspecified atom stereocenters. The van der Waals surface area contributed by atoms with Crippen LogP contribution in [0, 0.1) is 11.7 Å². The molecule has 0 radical (unpaired) electrons. The number of piperidine rings is 1. The molecule has 28 heavy (non-hydrogen) atoms. The molecule has 4 rings (SSSR count). The van der Waals surface area contributed by atoms with Crippen LogP contribution in [0.3, 0.4) is 0 Å². The normalized spacial score (nSPS) is 25.1. The number of morpholine rings is 1. The molecule has 2 fully saturated rings. The van der Waals surface area contributed by atoms with E-state index >= 15 is 0 Å². The van der Waals surface area contributed by atoms with Gasteiger partial charge in [-0.3, -0.25) is 9.69 Å². The summed E-state index contributed by atoms with van der Waals surface area (Å²) in [6.45, 7) is 1.93. The first kappa shape index (κ1) is 19.2. The van der Waals surface area contributed by atoms with Crippen LogP contribution < -0.4 is 0 Å². The Kier molecular flexibility index (Phi) is 5.51. The zero-order valence-electron chi connectivity index (χ0n) is 15.4. The van der Waals surface area contributed by atoms with Crippen LogP contribution in [0.5, 0.6) is 0 Å². The summed E-state index contributed by atoms with van der Waals surface area (Å²) in [6.07, 6.45) is -1.64. The van der Waals surface area contributed by atoms with E-state index in [4.69, 9.17) is 4.74 Å². The van der Waals surface area contributed by atoms with Gasteiger partial charge in [-0.25, -0.2) is 13.2 Å². The van der Waals surface area contributed by atoms with Gasteiger partial charge in [-0.05, 0) is 30.5 Å². The van der Waals surface area contributed by atoms with Gasteiger partial charge in [0.25, 0.3) is 6.43 Å². The topological polar surface area (TPSA) is 29.5 Å². The lowest BCUT2D eigenvalue weighted by molar-refractivity contribution is -0.0872. The monoisotopic (exact) mass is 389 g/mol. The molecule has 0 amide bonds. The van der Waals surface area contributed by atoms with Gasteiger partial charge in [0, 0.05) is 30.1 Å². The van der Waals surface area contributed by atoms with Crippen LogP contribution in [0.2, 0.25) is 0 Å². The number of ether oxygens (including phenoxy) is 1. The summed E-state index contributed by atoms with van der Waals surface area (Å²) in [5.41, 5.74) is 0.718. The van der Waals surface area contributed by atoms with Crippen LogP contribution >= 0.6 is 0 Å². The zero-order valence-corrected chi connectivity index (χ0v) is 15.4. The maximum Gasteiger partial charge on any atom is 0.266 e. The Morgan fingerprint density at radius 2 is 1.75 bits per heavy atom. The molecule has 2 aromatic carbocycles. The van der Waals surface area contributed by atoms with Crippen LogP contribution in [0.25, 0.3) is 0 Å². The van der Waals surface area contributed by atoms with Crippen molar-refractivity contribution < 1.29 is 22.7 Å². The summed E-state index contributed by atoms with van der Waals surface area (Å²) < 4.78 is 45.1. The molecule has 6 heteroatoms. The third-order valence-electron chi connectivity index (χ3n) is 5.77. The minimum atomic E-state index is -2.89. The van der Waals surface area contributed by atoms with Gasteiger partial charge in [-0.2, -0.15) is 0 Å². The van der Waals surface area contributed by atoms with Crippen LogP contribution in [0.15, 0.2) is 48.5 Å². The second-order valence-corrected chi connectivity index (χ2v) is 7.57. The summed E-state index contributed by atoms with van der Waals surface area (Å²) >= 11 is 0. The number of rotatable bonds is 5. The van der Waals surface area contributed by atoms with E-state index < -0.39 is 17.8 Å². The van der Waals surface area contributed by atoms with Crippen molar-refractivity contribution in [1.82, 2.24) is 4.90 Å². The Morgan fingerprint density at radius 3 is 2.36 bits per heavy atom. The number of benzene rings is 2. The number of ketones is 1. The fourth-order valence-electron chi connectivity index (χ4n) is 4.35. The first-order valence-corrected chi connectivity index (χ1v) is 9.52. The van der Waals surface area contributed by atoms with E-state index in [0.29, 0.717) is 26.1 Å². The quantitative estimate of drug-likeness (QED) is 0.699. The van der Waals surface area contributed by atoms with E-state index in [-0.39, 0.29) is 29.3 Å². The molecule has 2 aliphatic rings. The van der Waals surface area contributed by atoms with Crippen LogP contribution in [-0.2, 0) is 11.3 Å². The number of Topliss-reactive ketones (excluding diaryl/α,β-unsaturated/α-hetero) is 1. The molecule has 2 atom stereocenters. The van der Waals surface area contributed by atoms with Crippen molar-refractivity contribution in [2.45, 2.75) is 37.9 Å². The fourth-order valence-corrected chi connectivity index (χ4v) is 4.35. The second kappa shape index (κ2) is 8.05. The molecule has 2 saturated heterocycles. The Morgan fingerprint density at radius 1 is 1.07 bits per heavy atom. The molecule has 0 N–H and O–H groups in total. The highest BCUT2D eigenvalue weighted by molar-refractivity contribution is 5.98. The van der Waals surface area contributed by atoms with Gasteiger partial charge in [0.15, 0.2) is 5.78 Å². The first-order chi connectivity index (χ1) is 13.5. The third kappa shape index (κ3) is 3.84. The van der Waals surface area contributed by atoms with E-state index in [1.807, 2.05) is 18.2 Å². The molecule has 2 bridgehead atoms. The molecule has 3 nitrogen and oxygen atoms in total. The third-order valence-corrected chi connectivity index (χ3v) is 5.77. The molecule has 148 valence electrons. The lowest BCUT2D eigenvalue weighted by atomic mass is 9.80. The zero-order chi connectivity index (χ0) is 19.7. The molecule has 0 saturated carbocycles. The predicted molar refractivity (Wildman–Crippen MR) is 98.8 cm³/mol. The number of carbonyl (C=O) groups excluding carboxylic acids is 1. The summed E-state index contributed by atoms with van der Waals surface area (Å²) in [6, 6.07) is 13.7. The molecule has 0 aliphatic carbocycles.